The lowest BCUT2D eigenvalue weighted by atomic mass is 9.94. The van der Waals surface area contributed by atoms with Gasteiger partial charge in [-0.25, -0.2) is 23.1 Å². The molecule has 4 rings (SSSR count). The normalized spacial score (nSPS) is 11.0. The summed E-state index contributed by atoms with van der Waals surface area (Å²) >= 11 is 0. The molecule has 4 aromatic rings. The maximum atomic E-state index is 8.49. The first-order valence-corrected chi connectivity index (χ1v) is 11.8. The van der Waals surface area contributed by atoms with E-state index in [1.807, 2.05) is 68.4 Å². The second kappa shape index (κ2) is 11.4. The van der Waals surface area contributed by atoms with Gasteiger partial charge < -0.3 is 14.2 Å². The van der Waals surface area contributed by atoms with Gasteiger partial charge in [-0.1, -0.05) is 30.3 Å². The Labute approximate surface area is 205 Å². The van der Waals surface area contributed by atoms with Crippen molar-refractivity contribution in [1.82, 2.24) is 0 Å². The van der Waals surface area contributed by atoms with Crippen LogP contribution in [0.3, 0.4) is 0 Å². The van der Waals surface area contributed by atoms with E-state index in [2.05, 4.69) is 12.1 Å². The third kappa shape index (κ3) is 6.60. The number of halogens is 1. The van der Waals surface area contributed by atoms with Gasteiger partial charge in [-0.2, -0.15) is 0 Å². The number of hydrogen-bond acceptors (Lipinski definition) is 7. The fourth-order valence-electron chi connectivity index (χ4n) is 3.72. The second-order valence-electron chi connectivity index (χ2n) is 7.32. The first kappa shape index (κ1) is 26.2. The Morgan fingerprint density at radius 3 is 1.83 bits per heavy atom. The second-order valence-corrected chi connectivity index (χ2v) is 8.07. The summed E-state index contributed by atoms with van der Waals surface area (Å²) < 4.78 is 57.1. The summed E-state index contributed by atoms with van der Waals surface area (Å²) in [5, 5.41) is 2.03. The van der Waals surface area contributed by atoms with E-state index >= 15 is 0 Å². The van der Waals surface area contributed by atoms with E-state index in [1.165, 1.54) is 0 Å². The van der Waals surface area contributed by atoms with Gasteiger partial charge >= 0.3 is 11.5 Å². The number of rotatable bonds is 6. The van der Waals surface area contributed by atoms with Crippen LogP contribution in [0.5, 0.6) is 17.2 Å². The van der Waals surface area contributed by atoms with Crippen molar-refractivity contribution < 1.29 is 47.5 Å². The predicted molar refractivity (Wildman–Crippen MR) is 121 cm³/mol. The molecule has 0 bridgehead atoms. The van der Waals surface area contributed by atoms with E-state index in [-0.39, 0.29) is 0 Å². The summed E-state index contributed by atoms with van der Waals surface area (Å²) in [4.78, 5) is 0. The van der Waals surface area contributed by atoms with Crippen molar-refractivity contribution in [3.63, 3.8) is 0 Å². The number of benzene rings is 3. The molecule has 0 aliphatic carbocycles. The van der Waals surface area contributed by atoms with Gasteiger partial charge in [0.2, 0.25) is 0 Å². The highest BCUT2D eigenvalue weighted by molar-refractivity contribution is 6.04. The minimum absolute atomic E-state index is 0.635. The van der Waals surface area contributed by atoms with Crippen LogP contribution in [0, 0.1) is 17.2 Å². The van der Waals surface area contributed by atoms with Crippen LogP contribution in [0.15, 0.2) is 71.1 Å². The van der Waals surface area contributed by atoms with Crippen LogP contribution in [0.4, 0.5) is 0 Å². The van der Waals surface area contributed by atoms with E-state index in [0.717, 1.165) is 44.7 Å². The quantitative estimate of drug-likeness (QED) is 0.367. The van der Waals surface area contributed by atoms with E-state index in [4.69, 9.17) is 37.3 Å². The van der Waals surface area contributed by atoms with Crippen molar-refractivity contribution in [3.8, 4) is 39.7 Å². The summed E-state index contributed by atoms with van der Waals surface area (Å²) in [6.07, 6.45) is 0. The van der Waals surface area contributed by atoms with Crippen LogP contribution in [-0.4, -0.2) is 20.8 Å². The van der Waals surface area contributed by atoms with Gasteiger partial charge in [-0.05, 0) is 42.8 Å². The Morgan fingerprint density at radius 2 is 1.31 bits per heavy atom. The summed E-state index contributed by atoms with van der Waals surface area (Å²) in [6, 6.07) is 22.3. The molecule has 184 valence electrons. The molecule has 0 fully saturated rings. The van der Waals surface area contributed by atoms with E-state index < -0.39 is 10.2 Å². The zero-order valence-corrected chi connectivity index (χ0v) is 20.5. The zero-order valence-electron chi connectivity index (χ0n) is 19.7. The molecule has 0 saturated heterocycles. The zero-order chi connectivity index (χ0) is 25.6. The van der Waals surface area contributed by atoms with Gasteiger partial charge in [0.1, 0.15) is 5.75 Å². The summed E-state index contributed by atoms with van der Waals surface area (Å²) in [6.45, 7) is 4.59. The van der Waals surface area contributed by atoms with Gasteiger partial charge in [0, 0.05) is 11.5 Å². The number of aryl methyl sites for hydroxylation is 1. The molecule has 0 atom stereocenters. The van der Waals surface area contributed by atoms with Crippen molar-refractivity contribution >= 4 is 10.8 Å². The summed E-state index contributed by atoms with van der Waals surface area (Å²) in [5.74, 6) is 3.82. The molecule has 8 nitrogen and oxygen atoms in total. The van der Waals surface area contributed by atoms with E-state index in [0.29, 0.717) is 18.1 Å². The SMILES string of the molecule is CCOc1ccc(-c2[o+]c(C)c3cc(OC)c(OC)cc3c2-c2ccccc2)cc1.[O-][Cl+3]([O-])([O-])[O-]. The highest BCUT2D eigenvalue weighted by atomic mass is 35.7. The van der Waals surface area contributed by atoms with Crippen LogP contribution in [0.2, 0.25) is 0 Å². The molecule has 0 saturated carbocycles. The van der Waals surface area contributed by atoms with Gasteiger partial charge in [0.15, 0.2) is 11.5 Å². The van der Waals surface area contributed by atoms with Crippen molar-refractivity contribution in [2.75, 3.05) is 20.8 Å². The molecular weight excluding hydrogens is 476 g/mol. The molecule has 0 aliphatic rings. The Hall–Kier alpha value is -3.40. The Morgan fingerprint density at radius 1 is 0.771 bits per heavy atom. The lowest BCUT2D eigenvalue weighted by Crippen LogP contribution is -2.68. The largest absolute Gasteiger partial charge is 0.494 e. The first-order chi connectivity index (χ1) is 16.7. The molecule has 9 heteroatoms. The molecule has 3 aromatic carbocycles. The number of hydrogen-bond donors (Lipinski definition) is 0. The van der Waals surface area contributed by atoms with Crippen molar-refractivity contribution in [3.05, 3.63) is 72.5 Å². The minimum Gasteiger partial charge on any atom is -0.494 e. The molecule has 0 spiro atoms. The Balaban J connectivity index is 0.000000623. The fraction of sp³-hybridized carbons (Fsp3) is 0.192. The average Bonchev–Trinajstić information content (AvgIpc) is 2.83. The highest BCUT2D eigenvalue weighted by Crippen LogP contribution is 2.43. The predicted octanol–water partition coefficient (Wildman–Crippen LogP) is 2.02. The minimum atomic E-state index is -4.94. The lowest BCUT2D eigenvalue weighted by Gasteiger charge is -2.17. The number of ether oxygens (including phenoxy) is 3. The monoisotopic (exact) mass is 500 g/mol. The topological polar surface area (TPSA) is 131 Å². The van der Waals surface area contributed by atoms with Crippen molar-refractivity contribution in [1.29, 1.82) is 0 Å². The molecule has 0 amide bonds. The average molecular weight is 501 g/mol. The molecular formula is C26H25ClO8. The third-order valence-electron chi connectivity index (χ3n) is 5.14. The standard InChI is InChI=1S/C26H25O4.ClHO4/c1-5-29-20-13-11-19(12-14-20)26-25(18-9-7-6-8-10-18)22-16-24(28-4)23(27-3)15-21(22)17(2)30-26;2-1(3,4)5/h6-16H,5H2,1-4H3;(H,2,3,4,5)/q+1;/p-1. The smallest absolute Gasteiger partial charge is 0.368 e. The molecule has 1 aromatic heterocycles. The van der Waals surface area contributed by atoms with Gasteiger partial charge in [0.05, 0.1) is 44.3 Å². The van der Waals surface area contributed by atoms with E-state index in [9.17, 15) is 0 Å². The number of fused-ring (bicyclic) bond motifs is 1. The first-order valence-electron chi connectivity index (χ1n) is 10.6. The summed E-state index contributed by atoms with van der Waals surface area (Å²) in [5.41, 5.74) is 3.07. The van der Waals surface area contributed by atoms with Gasteiger partial charge in [0.25, 0.3) is 0 Å². The summed E-state index contributed by atoms with van der Waals surface area (Å²) in [7, 11) is -1.65. The van der Waals surface area contributed by atoms with Crippen molar-refractivity contribution in [2.45, 2.75) is 13.8 Å². The molecule has 0 unspecified atom stereocenters. The molecule has 0 aliphatic heterocycles. The molecule has 0 N–H and O–H groups in total. The van der Waals surface area contributed by atoms with Crippen LogP contribution < -0.4 is 32.8 Å². The van der Waals surface area contributed by atoms with Crippen LogP contribution in [0.25, 0.3) is 33.2 Å². The van der Waals surface area contributed by atoms with Crippen LogP contribution >= 0.6 is 0 Å². The fourth-order valence-corrected chi connectivity index (χ4v) is 3.72. The van der Waals surface area contributed by atoms with Crippen LogP contribution in [0.1, 0.15) is 12.7 Å². The van der Waals surface area contributed by atoms with Crippen LogP contribution in [-0.2, 0) is 0 Å². The molecule has 0 radical (unpaired) electrons. The third-order valence-corrected chi connectivity index (χ3v) is 5.14. The lowest BCUT2D eigenvalue weighted by molar-refractivity contribution is -2.00. The molecule has 35 heavy (non-hydrogen) atoms. The van der Waals surface area contributed by atoms with E-state index in [1.54, 1.807) is 14.2 Å². The van der Waals surface area contributed by atoms with Gasteiger partial charge in [-0.3, -0.25) is 0 Å². The highest BCUT2D eigenvalue weighted by Gasteiger charge is 2.27. The van der Waals surface area contributed by atoms with Gasteiger partial charge in [-0.15, -0.1) is 10.2 Å². The maximum Gasteiger partial charge on any atom is 0.368 e. The Kier molecular flexibility index (Phi) is 8.50. The Bertz CT molecular complexity index is 1260. The maximum absolute atomic E-state index is 8.49. The van der Waals surface area contributed by atoms with Crippen molar-refractivity contribution in [2.24, 2.45) is 0 Å². The number of methoxy groups -OCH3 is 2. The molecule has 1 heterocycles.